The van der Waals surface area contributed by atoms with Crippen molar-refractivity contribution >= 4 is 35.6 Å². The lowest BCUT2D eigenvalue weighted by atomic mass is 10.1. The number of guanidine groups is 1. The van der Waals surface area contributed by atoms with Gasteiger partial charge >= 0.3 is 0 Å². The van der Waals surface area contributed by atoms with Crippen molar-refractivity contribution in [3.05, 3.63) is 66.1 Å². The van der Waals surface area contributed by atoms with E-state index in [1.165, 1.54) is 5.56 Å². The number of fused-ring (bicyclic) bond motifs is 1. The molecule has 1 aromatic carbocycles. The van der Waals surface area contributed by atoms with Gasteiger partial charge in [-0.3, -0.25) is 9.39 Å². The maximum absolute atomic E-state index is 4.26. The Hall–Kier alpha value is -2.16. The van der Waals surface area contributed by atoms with Crippen molar-refractivity contribution in [1.29, 1.82) is 0 Å². The van der Waals surface area contributed by atoms with Crippen LogP contribution in [0.1, 0.15) is 17.8 Å². The minimum absolute atomic E-state index is 0. The fraction of sp³-hybridized carbons (Fsp3) is 0.316. The zero-order valence-electron chi connectivity index (χ0n) is 14.9. The number of aliphatic imine (C=N–C) groups is 1. The first-order chi connectivity index (χ1) is 12.4. The molecule has 0 saturated heterocycles. The monoisotopic (exact) mass is 464 g/mol. The molecule has 0 bridgehead atoms. The van der Waals surface area contributed by atoms with Crippen molar-refractivity contribution in [3.8, 4) is 0 Å². The summed E-state index contributed by atoms with van der Waals surface area (Å²) in [4.78, 5) is 4.26. The van der Waals surface area contributed by atoms with E-state index in [1.54, 1.807) is 7.05 Å². The molecule has 3 aromatic rings. The zero-order chi connectivity index (χ0) is 17.3. The molecule has 3 rings (SSSR count). The van der Waals surface area contributed by atoms with Gasteiger partial charge in [0.1, 0.15) is 5.82 Å². The molecule has 0 atom stereocenters. The van der Waals surface area contributed by atoms with E-state index in [9.17, 15) is 0 Å². The predicted molar refractivity (Wildman–Crippen MR) is 116 cm³/mol. The van der Waals surface area contributed by atoms with Gasteiger partial charge in [-0.2, -0.15) is 0 Å². The molecule has 7 heteroatoms. The molecule has 6 nitrogen and oxygen atoms in total. The van der Waals surface area contributed by atoms with Crippen molar-refractivity contribution in [3.63, 3.8) is 0 Å². The summed E-state index contributed by atoms with van der Waals surface area (Å²) < 4.78 is 2.03. The van der Waals surface area contributed by atoms with Crippen LogP contribution in [0.3, 0.4) is 0 Å². The number of aromatic nitrogens is 3. The lowest BCUT2D eigenvalue weighted by Gasteiger charge is -2.11. The molecule has 2 heterocycles. The highest BCUT2D eigenvalue weighted by molar-refractivity contribution is 14.0. The lowest BCUT2D eigenvalue weighted by molar-refractivity contribution is 0.713. The summed E-state index contributed by atoms with van der Waals surface area (Å²) >= 11 is 0. The summed E-state index contributed by atoms with van der Waals surface area (Å²) in [6.45, 7) is 1.70. The highest BCUT2D eigenvalue weighted by Crippen LogP contribution is 2.04. The van der Waals surface area contributed by atoms with Crippen LogP contribution in [-0.4, -0.2) is 40.7 Å². The summed E-state index contributed by atoms with van der Waals surface area (Å²) in [5.74, 6) is 1.83. The first kappa shape index (κ1) is 20.2. The molecule has 0 amide bonds. The Bertz CT molecular complexity index is 815. The number of halogens is 1. The topological polar surface area (TPSA) is 66.6 Å². The maximum Gasteiger partial charge on any atom is 0.190 e. The molecule has 26 heavy (non-hydrogen) atoms. The second kappa shape index (κ2) is 10.7. The van der Waals surface area contributed by atoms with Crippen LogP contribution in [0.25, 0.3) is 5.65 Å². The second-order valence-electron chi connectivity index (χ2n) is 5.81. The molecule has 2 N–H and O–H groups in total. The standard InChI is InChI=1S/C19H24N6.HI/c1-20-19(22-14-12-16-8-3-2-4-9-16)21-13-7-11-18-24-23-17-10-5-6-15-25(17)18;/h2-6,8-10,15H,7,11-14H2,1H3,(H2,20,21,22);1H. The number of hydrogen-bond donors (Lipinski definition) is 2. The van der Waals surface area contributed by atoms with Crippen LogP contribution in [0.5, 0.6) is 0 Å². The van der Waals surface area contributed by atoms with E-state index in [2.05, 4.69) is 50.1 Å². The van der Waals surface area contributed by atoms with Crippen molar-refractivity contribution < 1.29 is 0 Å². The Kier molecular flexibility index (Phi) is 8.33. The van der Waals surface area contributed by atoms with Gasteiger partial charge in [0.25, 0.3) is 0 Å². The third-order valence-corrected chi connectivity index (χ3v) is 4.03. The zero-order valence-corrected chi connectivity index (χ0v) is 17.3. The Morgan fingerprint density at radius 2 is 1.73 bits per heavy atom. The quantitative estimate of drug-likeness (QED) is 0.244. The molecule has 0 aliphatic rings. The van der Waals surface area contributed by atoms with Crippen LogP contribution in [-0.2, 0) is 12.8 Å². The van der Waals surface area contributed by atoms with Gasteiger partial charge in [-0.05, 0) is 30.5 Å². The molecule has 0 unspecified atom stereocenters. The number of rotatable bonds is 7. The number of aryl methyl sites for hydroxylation is 1. The van der Waals surface area contributed by atoms with Crippen molar-refractivity contribution in [2.75, 3.05) is 20.1 Å². The SMILES string of the molecule is CN=C(NCCCc1nnc2ccccn12)NCCc1ccccc1.I. The average Bonchev–Trinajstić information content (AvgIpc) is 3.08. The molecule has 0 aliphatic carbocycles. The Morgan fingerprint density at radius 1 is 0.962 bits per heavy atom. The number of nitrogens with zero attached hydrogens (tertiary/aromatic N) is 4. The van der Waals surface area contributed by atoms with Crippen molar-refractivity contribution in [1.82, 2.24) is 25.2 Å². The third-order valence-electron chi connectivity index (χ3n) is 4.03. The largest absolute Gasteiger partial charge is 0.356 e. The fourth-order valence-corrected chi connectivity index (χ4v) is 2.71. The van der Waals surface area contributed by atoms with Crippen LogP contribution in [0.2, 0.25) is 0 Å². The van der Waals surface area contributed by atoms with Gasteiger partial charge in [-0.1, -0.05) is 36.4 Å². The summed E-state index contributed by atoms with van der Waals surface area (Å²) in [5.41, 5.74) is 2.22. The van der Waals surface area contributed by atoms with Crippen LogP contribution < -0.4 is 10.6 Å². The molecule has 0 fully saturated rings. The van der Waals surface area contributed by atoms with Crippen molar-refractivity contribution in [2.24, 2.45) is 4.99 Å². The number of hydrogen-bond acceptors (Lipinski definition) is 3. The normalized spacial score (nSPS) is 11.2. The minimum atomic E-state index is 0. The van der Waals surface area contributed by atoms with Gasteiger partial charge in [0.05, 0.1) is 0 Å². The predicted octanol–water partition coefficient (Wildman–Crippen LogP) is 2.69. The summed E-state index contributed by atoms with van der Waals surface area (Å²) in [7, 11) is 1.80. The van der Waals surface area contributed by atoms with E-state index >= 15 is 0 Å². The number of nitrogens with one attached hydrogen (secondary N) is 2. The van der Waals surface area contributed by atoms with E-state index in [-0.39, 0.29) is 24.0 Å². The molecule has 0 saturated carbocycles. The molecule has 0 radical (unpaired) electrons. The van der Waals surface area contributed by atoms with Gasteiger partial charge in [0.2, 0.25) is 0 Å². The van der Waals surface area contributed by atoms with E-state index in [0.29, 0.717) is 0 Å². The van der Waals surface area contributed by atoms with E-state index in [1.807, 2.05) is 34.9 Å². The second-order valence-corrected chi connectivity index (χ2v) is 5.81. The highest BCUT2D eigenvalue weighted by atomic mass is 127. The molecule has 0 aliphatic heterocycles. The van der Waals surface area contributed by atoms with Crippen LogP contribution in [0.15, 0.2) is 59.7 Å². The lowest BCUT2D eigenvalue weighted by Crippen LogP contribution is -2.38. The molecular weight excluding hydrogens is 439 g/mol. The summed E-state index contributed by atoms with van der Waals surface area (Å²) in [6.07, 6.45) is 4.82. The average molecular weight is 464 g/mol. The van der Waals surface area contributed by atoms with Crippen LogP contribution >= 0.6 is 24.0 Å². The highest BCUT2D eigenvalue weighted by Gasteiger charge is 2.04. The first-order valence-corrected chi connectivity index (χ1v) is 8.64. The van der Waals surface area contributed by atoms with Gasteiger partial charge in [0.15, 0.2) is 11.6 Å². The molecule has 2 aromatic heterocycles. The Balaban J connectivity index is 0.00000243. The van der Waals surface area contributed by atoms with Crippen molar-refractivity contribution in [2.45, 2.75) is 19.3 Å². The van der Waals surface area contributed by atoms with E-state index < -0.39 is 0 Å². The molecule has 0 spiro atoms. The van der Waals surface area contributed by atoms with Gasteiger partial charge < -0.3 is 10.6 Å². The fourth-order valence-electron chi connectivity index (χ4n) is 2.71. The number of benzene rings is 1. The smallest absolute Gasteiger partial charge is 0.190 e. The minimum Gasteiger partial charge on any atom is -0.356 e. The van der Waals surface area contributed by atoms with Crippen LogP contribution in [0.4, 0.5) is 0 Å². The molecule has 138 valence electrons. The Labute approximate surface area is 171 Å². The number of pyridine rings is 1. The molecular formula is C19H25IN6. The van der Waals surface area contributed by atoms with Crippen LogP contribution in [0, 0.1) is 0 Å². The maximum atomic E-state index is 4.26. The van der Waals surface area contributed by atoms with E-state index in [4.69, 9.17) is 0 Å². The summed E-state index contributed by atoms with van der Waals surface area (Å²) in [6, 6.07) is 16.4. The third kappa shape index (κ3) is 5.69. The van der Waals surface area contributed by atoms with E-state index in [0.717, 1.165) is 49.8 Å². The first-order valence-electron chi connectivity index (χ1n) is 8.64. The van der Waals surface area contributed by atoms with Gasteiger partial charge in [0, 0.05) is 32.8 Å². The summed E-state index contributed by atoms with van der Waals surface area (Å²) in [5, 5.41) is 15.1. The van der Waals surface area contributed by atoms with Gasteiger partial charge in [-0.25, -0.2) is 0 Å². The van der Waals surface area contributed by atoms with Gasteiger partial charge in [-0.15, -0.1) is 34.2 Å². The Morgan fingerprint density at radius 3 is 2.54 bits per heavy atom.